The smallest absolute Gasteiger partial charge is 0.384 e. The summed E-state index contributed by atoms with van der Waals surface area (Å²) in [5.41, 5.74) is 0. The summed E-state index contributed by atoms with van der Waals surface area (Å²) >= 11 is 0. The van der Waals surface area contributed by atoms with Gasteiger partial charge in [-0.15, -0.1) is 0 Å². The minimum absolute atomic E-state index is 0.728. The van der Waals surface area contributed by atoms with Gasteiger partial charge in [-0.05, 0) is 24.1 Å². The number of rotatable bonds is 18. The van der Waals surface area contributed by atoms with Crippen LogP contribution in [-0.2, 0) is 26.6 Å². The molecule has 6 nitrogen and oxygen atoms in total. The Kier molecular flexibility index (Phi) is 18.1. The van der Waals surface area contributed by atoms with Crippen molar-refractivity contribution in [1.82, 2.24) is 0 Å². The molecular formula is C16H37O6Si3. The van der Waals surface area contributed by atoms with Gasteiger partial charge in [-0.3, -0.25) is 0 Å². The minimum Gasteiger partial charge on any atom is -0.397 e. The Morgan fingerprint density at radius 2 is 0.720 bits per heavy atom. The van der Waals surface area contributed by atoms with E-state index in [1.165, 1.54) is 38.5 Å². The third kappa shape index (κ3) is 13.3. The van der Waals surface area contributed by atoms with Crippen molar-refractivity contribution in [3.8, 4) is 0 Å². The van der Waals surface area contributed by atoms with Gasteiger partial charge in [0.25, 0.3) is 0 Å². The second kappa shape index (κ2) is 17.8. The molecule has 0 spiro atoms. The summed E-state index contributed by atoms with van der Waals surface area (Å²) in [7, 11) is 7.25. The van der Waals surface area contributed by atoms with E-state index in [0.717, 1.165) is 24.1 Å². The van der Waals surface area contributed by atoms with Crippen molar-refractivity contribution in [2.75, 3.05) is 42.7 Å². The van der Waals surface area contributed by atoms with Crippen LogP contribution in [0.1, 0.15) is 38.5 Å². The van der Waals surface area contributed by atoms with E-state index in [-0.39, 0.29) is 0 Å². The summed E-state index contributed by atoms with van der Waals surface area (Å²) in [5.74, 6) is 0.728. The van der Waals surface area contributed by atoms with E-state index in [4.69, 9.17) is 26.6 Å². The molecule has 0 aromatic carbocycles. The molecule has 0 aromatic heterocycles. The third-order valence-electron chi connectivity index (χ3n) is 4.35. The molecular weight excluding hydrogens is 372 g/mol. The van der Waals surface area contributed by atoms with Gasteiger partial charge in [0.15, 0.2) is 0 Å². The van der Waals surface area contributed by atoms with E-state index >= 15 is 0 Å². The predicted octanol–water partition coefficient (Wildman–Crippen LogP) is 3.29. The average molecular weight is 410 g/mol. The Morgan fingerprint density at radius 1 is 0.480 bits per heavy atom. The molecule has 149 valence electrons. The first-order chi connectivity index (χ1) is 12.1. The van der Waals surface area contributed by atoms with Crippen LogP contribution in [0.5, 0.6) is 0 Å². The van der Waals surface area contributed by atoms with Crippen molar-refractivity contribution in [3.63, 3.8) is 0 Å². The Morgan fingerprint density at radius 3 is 0.920 bits per heavy atom. The van der Waals surface area contributed by atoms with E-state index < -0.39 is 27.9 Å². The maximum Gasteiger partial charge on any atom is 0.384 e. The molecule has 9 heteroatoms. The van der Waals surface area contributed by atoms with Gasteiger partial charge in [-0.2, -0.15) is 0 Å². The lowest BCUT2D eigenvalue weighted by molar-refractivity contribution is 0.269. The Bertz CT molecular complexity index is 234. The van der Waals surface area contributed by atoms with Gasteiger partial charge in [0.2, 0.25) is 0 Å². The zero-order chi connectivity index (χ0) is 18.9. The highest BCUT2D eigenvalue weighted by Crippen LogP contribution is 2.24. The summed E-state index contributed by atoms with van der Waals surface area (Å²) < 4.78 is 32.3. The van der Waals surface area contributed by atoms with Crippen LogP contribution in [0.3, 0.4) is 0 Å². The second-order valence-electron chi connectivity index (χ2n) is 5.88. The number of hydrogen-bond acceptors (Lipinski definition) is 6. The van der Waals surface area contributed by atoms with E-state index in [1.54, 1.807) is 42.7 Å². The highest BCUT2D eigenvalue weighted by atomic mass is 28.3. The molecule has 3 radical (unpaired) electrons. The van der Waals surface area contributed by atoms with E-state index in [9.17, 15) is 0 Å². The average Bonchev–Trinajstić information content (AvgIpc) is 2.65. The largest absolute Gasteiger partial charge is 0.397 e. The minimum atomic E-state index is -1.07. The fourth-order valence-electron chi connectivity index (χ4n) is 2.90. The van der Waals surface area contributed by atoms with Crippen LogP contribution in [0.4, 0.5) is 0 Å². The second-order valence-corrected chi connectivity index (χ2v) is 12.1. The maximum absolute atomic E-state index is 5.39. The summed E-state index contributed by atoms with van der Waals surface area (Å²) in [6.45, 7) is 0. The van der Waals surface area contributed by atoms with Crippen molar-refractivity contribution in [2.24, 2.45) is 5.92 Å². The molecule has 0 heterocycles. The first-order valence-electron chi connectivity index (χ1n) is 8.96. The third-order valence-corrected chi connectivity index (χ3v) is 9.36. The van der Waals surface area contributed by atoms with Gasteiger partial charge >= 0.3 is 27.9 Å². The Labute approximate surface area is 160 Å². The predicted molar refractivity (Wildman–Crippen MR) is 105 cm³/mol. The normalized spacial score (nSPS) is 12.2. The lowest BCUT2D eigenvalue weighted by atomic mass is 9.94. The van der Waals surface area contributed by atoms with Crippen LogP contribution < -0.4 is 0 Å². The molecule has 0 aliphatic carbocycles. The van der Waals surface area contributed by atoms with Crippen LogP contribution in [0.2, 0.25) is 18.1 Å². The first kappa shape index (κ1) is 25.4. The summed E-state index contributed by atoms with van der Waals surface area (Å²) in [6.07, 6.45) is 7.18. The topological polar surface area (TPSA) is 55.4 Å². The molecule has 0 bridgehead atoms. The summed E-state index contributed by atoms with van der Waals surface area (Å²) in [5, 5.41) is 0. The van der Waals surface area contributed by atoms with Crippen molar-refractivity contribution >= 4 is 27.9 Å². The van der Waals surface area contributed by atoms with Crippen molar-refractivity contribution in [1.29, 1.82) is 0 Å². The fraction of sp³-hybridized carbons (Fsp3) is 1.00. The lowest BCUT2D eigenvalue weighted by Crippen LogP contribution is -2.20. The standard InChI is InChI=1S/C16H37O6Si3/c1-17-23(18-2)13-7-10-16(11-8-14-24(19-3)20-4)12-9-15-25(21-5)22-6/h16H,7-15H2,1-6H3. The molecule has 0 aromatic rings. The van der Waals surface area contributed by atoms with Gasteiger partial charge in [-0.25, -0.2) is 0 Å². The lowest BCUT2D eigenvalue weighted by Gasteiger charge is -2.19. The van der Waals surface area contributed by atoms with Crippen LogP contribution in [0, 0.1) is 5.92 Å². The van der Waals surface area contributed by atoms with Crippen LogP contribution in [-0.4, -0.2) is 70.5 Å². The first-order valence-corrected chi connectivity index (χ1v) is 13.5. The molecule has 0 amide bonds. The van der Waals surface area contributed by atoms with E-state index in [0.29, 0.717) is 0 Å². The Balaban J connectivity index is 4.24. The fourth-order valence-corrected chi connectivity index (χ4v) is 6.10. The molecule has 0 atom stereocenters. The molecule has 25 heavy (non-hydrogen) atoms. The molecule has 0 saturated carbocycles. The summed E-state index contributed by atoms with van der Waals surface area (Å²) in [6, 6.07) is 3.14. The van der Waals surface area contributed by atoms with E-state index in [1.807, 2.05) is 0 Å². The van der Waals surface area contributed by atoms with Crippen LogP contribution >= 0.6 is 0 Å². The van der Waals surface area contributed by atoms with Crippen molar-refractivity contribution < 1.29 is 26.6 Å². The number of hydrogen-bond donors (Lipinski definition) is 0. The van der Waals surface area contributed by atoms with Gasteiger partial charge in [-0.1, -0.05) is 38.5 Å². The summed E-state index contributed by atoms with van der Waals surface area (Å²) in [4.78, 5) is 0. The zero-order valence-electron chi connectivity index (χ0n) is 16.9. The highest BCUT2D eigenvalue weighted by Gasteiger charge is 2.18. The van der Waals surface area contributed by atoms with Gasteiger partial charge in [0.1, 0.15) is 0 Å². The van der Waals surface area contributed by atoms with Gasteiger partial charge in [0.05, 0.1) is 0 Å². The molecule has 0 rings (SSSR count). The van der Waals surface area contributed by atoms with Crippen molar-refractivity contribution in [3.05, 3.63) is 0 Å². The quantitative estimate of drug-likeness (QED) is 0.324. The zero-order valence-corrected chi connectivity index (χ0v) is 19.9. The van der Waals surface area contributed by atoms with Crippen LogP contribution in [0.25, 0.3) is 0 Å². The van der Waals surface area contributed by atoms with Crippen LogP contribution in [0.15, 0.2) is 0 Å². The van der Waals surface area contributed by atoms with Gasteiger partial charge < -0.3 is 26.6 Å². The Hall–Kier alpha value is 0.411. The molecule has 0 unspecified atom stereocenters. The molecule has 0 saturated heterocycles. The van der Waals surface area contributed by atoms with Crippen molar-refractivity contribution in [2.45, 2.75) is 56.7 Å². The monoisotopic (exact) mass is 409 g/mol. The molecule has 0 aliphatic rings. The molecule has 0 N–H and O–H groups in total. The molecule has 0 fully saturated rings. The maximum atomic E-state index is 5.39. The SMILES string of the molecule is CO[Si](CCCC(CCC[Si](OC)OC)CCC[Si](OC)OC)OC. The van der Waals surface area contributed by atoms with E-state index in [2.05, 4.69) is 0 Å². The van der Waals surface area contributed by atoms with Gasteiger partial charge in [0, 0.05) is 42.7 Å². The molecule has 0 aliphatic heterocycles. The highest BCUT2D eigenvalue weighted by molar-refractivity contribution is 6.44.